The van der Waals surface area contributed by atoms with Gasteiger partial charge in [0.15, 0.2) is 0 Å². The third kappa shape index (κ3) is 5.95. The quantitative estimate of drug-likeness (QED) is 0.298. The van der Waals surface area contributed by atoms with Gasteiger partial charge in [-0.25, -0.2) is 0 Å². The highest BCUT2D eigenvalue weighted by molar-refractivity contribution is 7.99. The van der Waals surface area contributed by atoms with Crippen LogP contribution in [0.2, 0.25) is 0 Å². The predicted octanol–water partition coefficient (Wildman–Crippen LogP) is 5.81. The number of hydrogen-bond donors (Lipinski definition) is 2. The van der Waals surface area contributed by atoms with Crippen molar-refractivity contribution >= 4 is 40.7 Å². The Hall–Kier alpha value is -3.42. The van der Waals surface area contributed by atoms with E-state index in [-0.39, 0.29) is 5.91 Å². The molecule has 37 heavy (non-hydrogen) atoms. The van der Waals surface area contributed by atoms with Crippen LogP contribution in [0.5, 0.6) is 0 Å². The van der Waals surface area contributed by atoms with Gasteiger partial charge in [0.25, 0.3) is 5.91 Å². The zero-order valence-corrected chi connectivity index (χ0v) is 21.6. The molecular formula is C30H31N5OS. The van der Waals surface area contributed by atoms with Gasteiger partial charge in [0, 0.05) is 34.0 Å². The van der Waals surface area contributed by atoms with Crippen LogP contribution >= 0.6 is 11.8 Å². The van der Waals surface area contributed by atoms with E-state index >= 15 is 0 Å². The van der Waals surface area contributed by atoms with E-state index < -0.39 is 0 Å². The Balaban J connectivity index is 1.14. The Morgan fingerprint density at radius 1 is 1.08 bits per heavy atom. The van der Waals surface area contributed by atoms with Crippen LogP contribution in [-0.4, -0.2) is 51.7 Å². The average molecular weight is 510 g/mol. The first-order valence-corrected chi connectivity index (χ1v) is 13.9. The molecule has 6 rings (SSSR count). The average Bonchev–Trinajstić information content (AvgIpc) is 3.41. The SMILES string of the molecule is O=C(NC1CC1)c1ccccc1Sc1ccc2c(/C=C/c3cc(CCN4CCCC4)ccn3)n[nH]c2c1. The van der Waals surface area contributed by atoms with Crippen molar-refractivity contribution in [3.8, 4) is 0 Å². The number of carbonyl (C=O) groups is 1. The van der Waals surface area contributed by atoms with Crippen LogP contribution in [0.4, 0.5) is 0 Å². The number of aromatic amines is 1. The zero-order chi connectivity index (χ0) is 25.0. The molecule has 2 fully saturated rings. The molecule has 188 valence electrons. The van der Waals surface area contributed by atoms with Gasteiger partial charge in [0.2, 0.25) is 0 Å². The number of nitrogens with zero attached hydrogens (tertiary/aromatic N) is 3. The fourth-order valence-corrected chi connectivity index (χ4v) is 5.75. The van der Waals surface area contributed by atoms with Gasteiger partial charge in [-0.2, -0.15) is 5.10 Å². The van der Waals surface area contributed by atoms with Crippen molar-refractivity contribution in [1.29, 1.82) is 0 Å². The second kappa shape index (κ2) is 10.9. The highest BCUT2D eigenvalue weighted by Crippen LogP contribution is 2.33. The second-order valence-electron chi connectivity index (χ2n) is 9.88. The number of fused-ring (bicyclic) bond motifs is 1. The zero-order valence-electron chi connectivity index (χ0n) is 20.8. The van der Waals surface area contributed by atoms with Crippen molar-refractivity contribution in [1.82, 2.24) is 25.4 Å². The molecule has 1 amide bonds. The van der Waals surface area contributed by atoms with Crippen LogP contribution in [0, 0.1) is 0 Å². The number of likely N-dealkylation sites (tertiary alicyclic amines) is 1. The summed E-state index contributed by atoms with van der Waals surface area (Å²) in [7, 11) is 0. The number of hydrogen-bond acceptors (Lipinski definition) is 5. The molecule has 0 unspecified atom stereocenters. The fraction of sp³-hybridized carbons (Fsp3) is 0.300. The number of aromatic nitrogens is 3. The van der Waals surface area contributed by atoms with E-state index in [0.717, 1.165) is 63.5 Å². The molecule has 0 radical (unpaired) electrons. The molecule has 2 aliphatic rings. The lowest BCUT2D eigenvalue weighted by Gasteiger charge is -2.14. The summed E-state index contributed by atoms with van der Waals surface area (Å²) >= 11 is 1.60. The maximum atomic E-state index is 12.7. The van der Waals surface area contributed by atoms with Gasteiger partial charge in [-0.05, 0) is 105 Å². The smallest absolute Gasteiger partial charge is 0.252 e. The molecular weight excluding hydrogens is 478 g/mol. The molecule has 0 spiro atoms. The molecule has 1 aliphatic carbocycles. The summed E-state index contributed by atoms with van der Waals surface area (Å²) in [5.74, 6) is 0.00867. The van der Waals surface area contributed by atoms with Gasteiger partial charge < -0.3 is 10.2 Å². The molecule has 7 heteroatoms. The Bertz CT molecular complexity index is 1430. The molecule has 6 nitrogen and oxygen atoms in total. The molecule has 2 aromatic carbocycles. The summed E-state index contributed by atoms with van der Waals surface area (Å²) in [6.07, 6.45) is 11.8. The summed E-state index contributed by atoms with van der Waals surface area (Å²) in [5.41, 5.74) is 4.85. The summed E-state index contributed by atoms with van der Waals surface area (Å²) in [5, 5.41) is 11.9. The van der Waals surface area contributed by atoms with Gasteiger partial charge in [-0.1, -0.05) is 23.9 Å². The van der Waals surface area contributed by atoms with Gasteiger partial charge in [-0.3, -0.25) is 14.9 Å². The van der Waals surface area contributed by atoms with Gasteiger partial charge >= 0.3 is 0 Å². The monoisotopic (exact) mass is 509 g/mol. The summed E-state index contributed by atoms with van der Waals surface area (Å²) in [6.45, 7) is 3.58. The number of nitrogens with one attached hydrogen (secondary N) is 2. The van der Waals surface area contributed by atoms with E-state index in [1.165, 1.54) is 31.5 Å². The first-order chi connectivity index (χ1) is 18.2. The van der Waals surface area contributed by atoms with Crippen LogP contribution in [0.25, 0.3) is 23.1 Å². The number of benzene rings is 2. The minimum atomic E-state index is 0.00867. The Labute approximate surface area is 221 Å². The maximum absolute atomic E-state index is 12.7. The normalized spacial score (nSPS) is 16.1. The topological polar surface area (TPSA) is 73.9 Å². The van der Waals surface area contributed by atoms with Crippen molar-refractivity contribution in [3.63, 3.8) is 0 Å². The van der Waals surface area contributed by atoms with Gasteiger partial charge in [0.05, 0.1) is 22.5 Å². The molecule has 2 aromatic heterocycles. The lowest BCUT2D eigenvalue weighted by atomic mass is 10.1. The highest BCUT2D eigenvalue weighted by atomic mass is 32.2. The highest BCUT2D eigenvalue weighted by Gasteiger charge is 2.25. The van der Waals surface area contributed by atoms with E-state index in [0.29, 0.717) is 6.04 Å². The minimum absolute atomic E-state index is 0.00867. The van der Waals surface area contributed by atoms with Crippen molar-refractivity contribution < 1.29 is 4.79 Å². The van der Waals surface area contributed by atoms with Crippen LogP contribution in [0.3, 0.4) is 0 Å². The van der Waals surface area contributed by atoms with Crippen molar-refractivity contribution in [3.05, 3.63) is 83.3 Å². The summed E-state index contributed by atoms with van der Waals surface area (Å²) in [4.78, 5) is 21.8. The predicted molar refractivity (Wildman–Crippen MR) is 150 cm³/mol. The minimum Gasteiger partial charge on any atom is -0.349 e. The molecule has 4 aromatic rings. The van der Waals surface area contributed by atoms with Crippen LogP contribution in [0.1, 0.15) is 53.0 Å². The van der Waals surface area contributed by atoms with Crippen molar-refractivity contribution in [2.75, 3.05) is 19.6 Å². The molecule has 1 saturated carbocycles. The van der Waals surface area contributed by atoms with Crippen molar-refractivity contribution in [2.24, 2.45) is 0 Å². The summed E-state index contributed by atoms with van der Waals surface area (Å²) in [6, 6.07) is 18.7. The summed E-state index contributed by atoms with van der Waals surface area (Å²) < 4.78 is 0. The molecule has 3 heterocycles. The Kier molecular flexibility index (Phi) is 7.06. The lowest BCUT2D eigenvalue weighted by molar-refractivity contribution is 0.0948. The van der Waals surface area contributed by atoms with E-state index in [4.69, 9.17) is 0 Å². The van der Waals surface area contributed by atoms with Crippen molar-refractivity contribution in [2.45, 2.75) is 47.9 Å². The van der Waals surface area contributed by atoms with E-state index in [2.05, 4.69) is 55.7 Å². The Morgan fingerprint density at radius 2 is 1.95 bits per heavy atom. The Morgan fingerprint density at radius 3 is 2.81 bits per heavy atom. The van der Waals surface area contributed by atoms with Crippen LogP contribution in [0.15, 0.2) is 70.6 Å². The maximum Gasteiger partial charge on any atom is 0.252 e. The number of amides is 1. The largest absolute Gasteiger partial charge is 0.349 e. The third-order valence-electron chi connectivity index (χ3n) is 7.01. The molecule has 2 N–H and O–H groups in total. The van der Waals surface area contributed by atoms with E-state index in [1.807, 2.05) is 42.6 Å². The molecule has 0 bridgehead atoms. The van der Waals surface area contributed by atoms with Crippen LogP contribution in [-0.2, 0) is 6.42 Å². The van der Waals surface area contributed by atoms with E-state index in [1.54, 1.807) is 11.8 Å². The number of H-pyrrole nitrogens is 1. The fourth-order valence-electron chi connectivity index (χ4n) is 4.77. The van der Waals surface area contributed by atoms with Gasteiger partial charge in [-0.15, -0.1) is 0 Å². The first-order valence-electron chi connectivity index (χ1n) is 13.1. The van der Waals surface area contributed by atoms with E-state index in [9.17, 15) is 4.79 Å². The second-order valence-corrected chi connectivity index (χ2v) is 11.0. The molecule has 0 atom stereocenters. The molecule has 1 saturated heterocycles. The van der Waals surface area contributed by atoms with Gasteiger partial charge in [0.1, 0.15) is 0 Å². The standard InChI is InChI=1S/C30H31N5OS/c36-30(32-22-7-8-22)26-5-1-2-6-29(26)37-24-10-11-25-27(33-34-28(25)20-24)12-9-23-19-21(13-15-31-23)14-18-35-16-3-4-17-35/h1-2,5-6,9-13,15,19-20,22H,3-4,7-8,14,16-18H2,(H,32,36)(H,33,34)/b12-9+. The van der Waals surface area contributed by atoms with Crippen LogP contribution < -0.4 is 5.32 Å². The number of rotatable bonds is 9. The first kappa shape index (κ1) is 23.9. The lowest BCUT2D eigenvalue weighted by Crippen LogP contribution is -2.25. The number of pyridine rings is 1. The number of carbonyl (C=O) groups excluding carboxylic acids is 1. The molecule has 1 aliphatic heterocycles. The third-order valence-corrected chi connectivity index (χ3v) is 8.07.